The fourth-order valence-corrected chi connectivity index (χ4v) is 1.74. The maximum Gasteiger partial charge on any atom is 0.303 e. The van der Waals surface area contributed by atoms with Crippen LogP contribution >= 0.6 is 0 Å². The van der Waals surface area contributed by atoms with E-state index in [-0.39, 0.29) is 6.42 Å². The largest absolute Gasteiger partial charge is 0.457 e. The molecule has 1 aliphatic rings. The first-order valence-electron chi connectivity index (χ1n) is 4.56. The van der Waals surface area contributed by atoms with Crippen LogP contribution in [0.3, 0.4) is 0 Å². The molecule has 0 bridgehead atoms. The van der Waals surface area contributed by atoms with Gasteiger partial charge in [-0.15, -0.1) is 0 Å². The Kier molecular flexibility index (Phi) is 3.14. The van der Waals surface area contributed by atoms with Gasteiger partial charge in [0.25, 0.3) is 0 Å². The molecule has 1 fully saturated rings. The summed E-state index contributed by atoms with van der Waals surface area (Å²) in [6, 6.07) is 0. The number of esters is 1. The zero-order valence-corrected chi connectivity index (χ0v) is 8.56. The van der Waals surface area contributed by atoms with Crippen LogP contribution in [0.2, 0.25) is 0 Å². The molecule has 1 heterocycles. The Bertz CT molecular complexity index is 225. The van der Waals surface area contributed by atoms with Crippen molar-refractivity contribution in [3.63, 3.8) is 0 Å². The summed E-state index contributed by atoms with van der Waals surface area (Å²) < 4.78 is 10.00. The number of rotatable bonds is 1. The molecule has 0 spiro atoms. The molecule has 5 heteroatoms. The highest BCUT2D eigenvalue weighted by Crippen LogP contribution is 2.30. The van der Waals surface area contributed by atoms with Gasteiger partial charge in [0.2, 0.25) is 0 Å². The summed E-state index contributed by atoms with van der Waals surface area (Å²) in [5, 5.41) is 19.2. The van der Waals surface area contributed by atoms with Crippen LogP contribution in [0.25, 0.3) is 0 Å². The lowest BCUT2D eigenvalue weighted by atomic mass is 9.89. The van der Waals surface area contributed by atoms with Crippen LogP contribution in [0, 0.1) is 0 Å². The van der Waals surface area contributed by atoms with Gasteiger partial charge in [-0.1, -0.05) is 0 Å². The molecule has 0 amide bonds. The zero-order chi connectivity index (χ0) is 10.9. The van der Waals surface area contributed by atoms with Crippen molar-refractivity contribution in [2.75, 3.05) is 0 Å². The Morgan fingerprint density at radius 3 is 2.64 bits per heavy atom. The van der Waals surface area contributed by atoms with Crippen molar-refractivity contribution in [1.82, 2.24) is 0 Å². The molecule has 0 aromatic heterocycles. The minimum absolute atomic E-state index is 0.0370. The normalized spacial score (nSPS) is 43.4. The van der Waals surface area contributed by atoms with Gasteiger partial charge < -0.3 is 19.7 Å². The number of ether oxygens (including phenoxy) is 2. The number of aliphatic hydroxyl groups excluding tert-OH is 1. The van der Waals surface area contributed by atoms with Crippen molar-refractivity contribution in [3.8, 4) is 0 Å². The van der Waals surface area contributed by atoms with Crippen molar-refractivity contribution < 1.29 is 24.5 Å². The van der Waals surface area contributed by atoms with Crippen LogP contribution in [0.1, 0.15) is 27.2 Å². The van der Waals surface area contributed by atoms with Crippen LogP contribution in [0.5, 0.6) is 0 Å². The molecule has 4 atom stereocenters. The highest BCUT2D eigenvalue weighted by Gasteiger charge is 2.45. The first-order chi connectivity index (χ1) is 6.33. The molecule has 1 rings (SSSR count). The molecule has 0 radical (unpaired) electrons. The fourth-order valence-electron chi connectivity index (χ4n) is 1.74. The summed E-state index contributed by atoms with van der Waals surface area (Å²) >= 11 is 0. The summed E-state index contributed by atoms with van der Waals surface area (Å²) in [7, 11) is 0. The van der Waals surface area contributed by atoms with Crippen LogP contribution < -0.4 is 0 Å². The number of carbonyl (C=O) groups excluding carboxylic acids is 1. The third-order valence-corrected chi connectivity index (χ3v) is 2.29. The molecule has 82 valence electrons. The Morgan fingerprint density at radius 1 is 1.64 bits per heavy atom. The third-order valence-electron chi connectivity index (χ3n) is 2.29. The lowest BCUT2D eigenvalue weighted by Crippen LogP contribution is -2.56. The van der Waals surface area contributed by atoms with Gasteiger partial charge in [-0.25, -0.2) is 0 Å². The van der Waals surface area contributed by atoms with E-state index in [0.717, 1.165) is 0 Å². The fraction of sp³-hybridized carbons (Fsp3) is 0.889. The first-order valence-corrected chi connectivity index (χ1v) is 4.56. The minimum atomic E-state index is -1.25. The molecule has 0 aromatic rings. The van der Waals surface area contributed by atoms with E-state index in [4.69, 9.17) is 9.47 Å². The standard InChI is InChI=1S/C9H16O5/c1-5-8(14-6(2)10)9(3,12)4-7(11)13-5/h5,7-8,11-12H,4H2,1-3H3/t5-,7+,8-,9-/m0/s1. The first kappa shape index (κ1) is 11.4. The van der Waals surface area contributed by atoms with Gasteiger partial charge in [0.15, 0.2) is 12.4 Å². The zero-order valence-electron chi connectivity index (χ0n) is 8.56. The second kappa shape index (κ2) is 3.84. The van der Waals surface area contributed by atoms with Crippen molar-refractivity contribution in [1.29, 1.82) is 0 Å². The lowest BCUT2D eigenvalue weighted by Gasteiger charge is -2.42. The molecular weight excluding hydrogens is 188 g/mol. The van der Waals surface area contributed by atoms with Crippen molar-refractivity contribution >= 4 is 5.97 Å². The van der Waals surface area contributed by atoms with Gasteiger partial charge in [0.1, 0.15) is 5.60 Å². The quantitative estimate of drug-likeness (QED) is 0.578. The van der Waals surface area contributed by atoms with E-state index in [9.17, 15) is 15.0 Å². The average molecular weight is 204 g/mol. The smallest absolute Gasteiger partial charge is 0.303 e. The van der Waals surface area contributed by atoms with Crippen LogP contribution in [0.4, 0.5) is 0 Å². The molecule has 0 unspecified atom stereocenters. The van der Waals surface area contributed by atoms with Crippen LogP contribution in [-0.4, -0.2) is 40.3 Å². The van der Waals surface area contributed by atoms with E-state index in [0.29, 0.717) is 0 Å². The van der Waals surface area contributed by atoms with E-state index in [1.54, 1.807) is 6.92 Å². The predicted molar refractivity (Wildman–Crippen MR) is 47.3 cm³/mol. The monoisotopic (exact) mass is 204 g/mol. The van der Waals surface area contributed by atoms with E-state index >= 15 is 0 Å². The summed E-state index contributed by atoms with van der Waals surface area (Å²) in [4.78, 5) is 10.8. The summed E-state index contributed by atoms with van der Waals surface area (Å²) in [5.74, 6) is -0.470. The number of carbonyl (C=O) groups is 1. The van der Waals surface area contributed by atoms with Gasteiger partial charge >= 0.3 is 5.97 Å². The van der Waals surface area contributed by atoms with Crippen molar-refractivity contribution in [3.05, 3.63) is 0 Å². The Labute approximate surface area is 82.6 Å². The number of aliphatic hydroxyl groups is 2. The Morgan fingerprint density at radius 2 is 2.21 bits per heavy atom. The van der Waals surface area contributed by atoms with Crippen molar-refractivity contribution in [2.24, 2.45) is 0 Å². The van der Waals surface area contributed by atoms with Gasteiger partial charge in [0, 0.05) is 13.3 Å². The molecule has 5 nitrogen and oxygen atoms in total. The van der Waals surface area contributed by atoms with E-state index in [2.05, 4.69) is 0 Å². The molecular formula is C9H16O5. The summed E-state index contributed by atoms with van der Waals surface area (Å²) in [5.41, 5.74) is -1.25. The molecule has 0 aliphatic carbocycles. The van der Waals surface area contributed by atoms with E-state index in [1.165, 1.54) is 13.8 Å². The molecule has 14 heavy (non-hydrogen) atoms. The summed E-state index contributed by atoms with van der Waals surface area (Å²) in [6.45, 7) is 4.43. The highest BCUT2D eigenvalue weighted by atomic mass is 16.6. The van der Waals surface area contributed by atoms with Crippen LogP contribution in [-0.2, 0) is 14.3 Å². The second-order valence-corrected chi connectivity index (χ2v) is 3.89. The highest BCUT2D eigenvalue weighted by molar-refractivity contribution is 5.66. The maximum atomic E-state index is 10.8. The molecule has 1 aliphatic heterocycles. The van der Waals surface area contributed by atoms with Gasteiger partial charge in [-0.3, -0.25) is 4.79 Å². The third kappa shape index (κ3) is 2.43. The Hall–Kier alpha value is -0.650. The predicted octanol–water partition coefficient (Wildman–Crippen LogP) is -0.204. The Balaban J connectivity index is 2.74. The number of hydrogen-bond acceptors (Lipinski definition) is 5. The van der Waals surface area contributed by atoms with Crippen molar-refractivity contribution in [2.45, 2.75) is 51.3 Å². The van der Waals surface area contributed by atoms with Crippen LogP contribution in [0.15, 0.2) is 0 Å². The summed E-state index contributed by atoms with van der Waals surface area (Å²) in [6.07, 6.45) is -2.22. The SMILES string of the molecule is CC(=O)O[C@H]1[C@H](C)O[C@@H](O)C[C@]1(C)O. The number of hydrogen-bond donors (Lipinski definition) is 2. The topological polar surface area (TPSA) is 76.0 Å². The molecule has 0 saturated carbocycles. The van der Waals surface area contributed by atoms with E-state index < -0.39 is 30.1 Å². The lowest BCUT2D eigenvalue weighted by molar-refractivity contribution is -0.263. The molecule has 0 aromatic carbocycles. The van der Waals surface area contributed by atoms with Gasteiger partial charge in [0.05, 0.1) is 6.10 Å². The average Bonchev–Trinajstić information content (AvgIpc) is 1.95. The minimum Gasteiger partial charge on any atom is -0.457 e. The van der Waals surface area contributed by atoms with E-state index in [1.807, 2.05) is 0 Å². The second-order valence-electron chi connectivity index (χ2n) is 3.89. The molecule has 2 N–H and O–H groups in total. The van der Waals surface area contributed by atoms with Gasteiger partial charge in [-0.05, 0) is 13.8 Å². The molecule has 1 saturated heterocycles. The van der Waals surface area contributed by atoms with Gasteiger partial charge in [-0.2, -0.15) is 0 Å². The maximum absolute atomic E-state index is 10.8.